The van der Waals surface area contributed by atoms with Crippen LogP contribution in [0.4, 0.5) is 0 Å². The number of aliphatic hydroxyl groups is 2. The van der Waals surface area contributed by atoms with Gasteiger partial charge in [-0.2, -0.15) is 5.10 Å². The number of aliphatic hydroxyl groups excluding tert-OH is 1. The number of guanidine groups is 1. The highest BCUT2D eigenvalue weighted by Crippen LogP contribution is 2.69. The van der Waals surface area contributed by atoms with Gasteiger partial charge in [-0.3, -0.25) is 5.41 Å². The van der Waals surface area contributed by atoms with Crippen LogP contribution in [-0.4, -0.2) is 34.1 Å². The maximum Gasteiger partial charge on any atom is 0.206 e. The van der Waals surface area contributed by atoms with E-state index in [1.165, 1.54) is 6.42 Å². The van der Waals surface area contributed by atoms with Gasteiger partial charge < -0.3 is 15.9 Å². The summed E-state index contributed by atoms with van der Waals surface area (Å²) in [6.07, 6.45) is 15.0. The number of fused-ring (bicyclic) bond motifs is 5. The number of allylic oxidation sites excluding steroid dienone is 2. The van der Waals surface area contributed by atoms with Crippen molar-refractivity contribution in [2.24, 2.45) is 45.3 Å². The van der Waals surface area contributed by atoms with Crippen molar-refractivity contribution in [3.8, 4) is 0 Å². The third kappa shape index (κ3) is 3.23. The van der Waals surface area contributed by atoms with E-state index >= 15 is 0 Å². The number of nitrogens with zero attached hydrogens (tertiary/aromatic N) is 1. The summed E-state index contributed by atoms with van der Waals surface area (Å²) in [6, 6.07) is 0. The molecule has 4 rings (SSSR count). The Balaban J connectivity index is 1.53. The van der Waals surface area contributed by atoms with Crippen LogP contribution in [0, 0.1) is 39.9 Å². The molecule has 0 aromatic rings. The van der Waals surface area contributed by atoms with Crippen molar-refractivity contribution < 1.29 is 10.2 Å². The van der Waals surface area contributed by atoms with Crippen molar-refractivity contribution in [3.05, 3.63) is 12.2 Å². The Morgan fingerprint density at radius 1 is 1.10 bits per heavy atom. The van der Waals surface area contributed by atoms with E-state index in [4.69, 9.17) is 11.1 Å². The Morgan fingerprint density at radius 3 is 2.66 bits per heavy atom. The second kappa shape index (κ2) is 7.38. The van der Waals surface area contributed by atoms with Crippen LogP contribution in [0.5, 0.6) is 0 Å². The molecule has 4 aliphatic rings. The molecule has 0 bridgehead atoms. The number of nitrogens with two attached hydrogens (primary N) is 1. The van der Waals surface area contributed by atoms with Gasteiger partial charge in [-0.05, 0) is 93.0 Å². The molecule has 0 aliphatic heterocycles. The maximum atomic E-state index is 12.1. The summed E-state index contributed by atoms with van der Waals surface area (Å²) in [7, 11) is 0. The van der Waals surface area contributed by atoms with E-state index in [0.29, 0.717) is 23.7 Å². The Morgan fingerprint density at radius 2 is 1.90 bits per heavy atom. The number of hydrazone groups is 1. The molecular weight excluding hydrogens is 364 g/mol. The zero-order valence-electron chi connectivity index (χ0n) is 17.9. The van der Waals surface area contributed by atoms with Crippen LogP contribution in [0.15, 0.2) is 17.3 Å². The first kappa shape index (κ1) is 20.9. The van der Waals surface area contributed by atoms with Crippen LogP contribution in [0.3, 0.4) is 0 Å². The summed E-state index contributed by atoms with van der Waals surface area (Å²) in [6.45, 7) is 4.76. The van der Waals surface area contributed by atoms with Gasteiger partial charge in [0.15, 0.2) is 0 Å². The van der Waals surface area contributed by atoms with Gasteiger partial charge in [0.1, 0.15) is 0 Å². The lowest BCUT2D eigenvalue weighted by atomic mass is 9.43. The van der Waals surface area contributed by atoms with Gasteiger partial charge >= 0.3 is 0 Å². The Hall–Kier alpha value is -1.40. The molecule has 6 nitrogen and oxygen atoms in total. The van der Waals surface area contributed by atoms with E-state index in [-0.39, 0.29) is 22.9 Å². The molecule has 4 saturated carbocycles. The lowest BCUT2D eigenvalue weighted by Gasteiger charge is -2.63. The highest BCUT2D eigenvalue weighted by molar-refractivity contribution is 5.77. The molecule has 6 N–H and O–H groups in total. The van der Waals surface area contributed by atoms with E-state index in [1.54, 1.807) is 6.21 Å². The minimum absolute atomic E-state index is 0.0934. The molecule has 0 amide bonds. The van der Waals surface area contributed by atoms with Gasteiger partial charge in [0.25, 0.3) is 0 Å². The van der Waals surface area contributed by atoms with Crippen LogP contribution in [-0.2, 0) is 0 Å². The zero-order chi connectivity index (χ0) is 20.9. The molecule has 0 heterocycles. The summed E-state index contributed by atoms with van der Waals surface area (Å²) >= 11 is 0. The first-order valence-corrected chi connectivity index (χ1v) is 11.4. The van der Waals surface area contributed by atoms with Crippen LogP contribution in [0.25, 0.3) is 0 Å². The topological polar surface area (TPSA) is 115 Å². The normalized spacial score (nSPS) is 49.6. The molecule has 0 radical (unpaired) electrons. The lowest BCUT2D eigenvalue weighted by Crippen LogP contribution is -2.62. The predicted molar refractivity (Wildman–Crippen MR) is 115 cm³/mol. The molecule has 0 spiro atoms. The van der Waals surface area contributed by atoms with Gasteiger partial charge in [0, 0.05) is 11.6 Å². The maximum absolute atomic E-state index is 12.1. The molecule has 0 aromatic heterocycles. The predicted octanol–water partition coefficient (Wildman–Crippen LogP) is 3.15. The Bertz CT molecular complexity index is 709. The fourth-order valence-corrected chi connectivity index (χ4v) is 7.89. The summed E-state index contributed by atoms with van der Waals surface area (Å²) in [5.74, 6) is 1.74. The molecule has 6 heteroatoms. The van der Waals surface area contributed by atoms with E-state index < -0.39 is 5.60 Å². The van der Waals surface area contributed by atoms with Gasteiger partial charge in [-0.15, -0.1) is 0 Å². The van der Waals surface area contributed by atoms with Crippen molar-refractivity contribution in [2.75, 3.05) is 0 Å². The lowest BCUT2D eigenvalue weighted by molar-refractivity contribution is -0.207. The molecule has 162 valence electrons. The third-order valence-corrected chi connectivity index (χ3v) is 9.59. The first-order valence-electron chi connectivity index (χ1n) is 11.4. The minimum Gasteiger partial charge on any atom is -0.393 e. The van der Waals surface area contributed by atoms with Crippen molar-refractivity contribution in [1.82, 2.24) is 5.43 Å². The molecule has 0 unspecified atom stereocenters. The minimum atomic E-state index is -0.594. The van der Waals surface area contributed by atoms with Gasteiger partial charge in [-0.25, -0.2) is 5.43 Å². The second-order valence-electron chi connectivity index (χ2n) is 10.6. The fraction of sp³-hybridized carbons (Fsp3) is 0.826. The van der Waals surface area contributed by atoms with Gasteiger partial charge in [-0.1, -0.05) is 19.9 Å². The fourth-order valence-electron chi connectivity index (χ4n) is 7.89. The van der Waals surface area contributed by atoms with E-state index in [2.05, 4.69) is 30.5 Å². The summed E-state index contributed by atoms with van der Waals surface area (Å²) in [5, 5.41) is 33.3. The molecule has 0 saturated heterocycles. The average Bonchev–Trinajstić information content (AvgIpc) is 2.93. The molecular formula is C23H38N4O2. The largest absolute Gasteiger partial charge is 0.393 e. The highest BCUT2D eigenvalue weighted by Gasteiger charge is 2.66. The quantitative estimate of drug-likeness (QED) is 0.283. The standard InChI is InChI=1S/C23H38N4O2/c1-21-10-8-17(28)14-16(21)5-6-19-18(21)9-11-22(2)15(7-12-23(19,22)29)4-3-13-26-27-20(24)25/h3-4,13,15-19,28-29H,5-12,14H2,1-2H3,(H4,24,25,27)/b4-3+,26-13+/t15-,16+,17+,18-,19+,21-,22+,23-/m0/s1. The van der Waals surface area contributed by atoms with Crippen LogP contribution in [0.2, 0.25) is 0 Å². The number of hydrogen-bond donors (Lipinski definition) is 5. The molecule has 8 atom stereocenters. The van der Waals surface area contributed by atoms with Gasteiger partial charge in [0.05, 0.1) is 11.7 Å². The summed E-state index contributed by atoms with van der Waals surface area (Å²) in [5.41, 5.74) is 7.25. The molecule has 0 aromatic carbocycles. The summed E-state index contributed by atoms with van der Waals surface area (Å²) < 4.78 is 0. The first-order chi connectivity index (χ1) is 13.7. The van der Waals surface area contributed by atoms with E-state index in [9.17, 15) is 10.2 Å². The van der Waals surface area contributed by atoms with Crippen molar-refractivity contribution in [3.63, 3.8) is 0 Å². The second-order valence-corrected chi connectivity index (χ2v) is 10.6. The van der Waals surface area contributed by atoms with Crippen molar-refractivity contribution in [1.29, 1.82) is 5.41 Å². The SMILES string of the molecule is C[C@]12CC[C@@H](O)C[C@H]1CC[C@@H]1[C@@H]2CC[C@]2(C)[C@@H](/C=C/C=N/NC(=N)N)CC[C@]12O. The summed E-state index contributed by atoms with van der Waals surface area (Å²) in [4.78, 5) is 0. The van der Waals surface area contributed by atoms with Crippen molar-refractivity contribution in [2.45, 2.75) is 83.3 Å². The Labute approximate surface area is 174 Å². The van der Waals surface area contributed by atoms with Crippen molar-refractivity contribution >= 4 is 12.2 Å². The average molecular weight is 403 g/mol. The third-order valence-electron chi connectivity index (χ3n) is 9.59. The number of nitrogens with one attached hydrogen (secondary N) is 2. The van der Waals surface area contributed by atoms with Crippen LogP contribution in [0.1, 0.15) is 71.6 Å². The highest BCUT2D eigenvalue weighted by atomic mass is 16.3. The zero-order valence-corrected chi connectivity index (χ0v) is 17.9. The number of rotatable bonds is 3. The van der Waals surface area contributed by atoms with E-state index in [0.717, 1.165) is 51.4 Å². The van der Waals surface area contributed by atoms with Crippen LogP contribution >= 0.6 is 0 Å². The van der Waals surface area contributed by atoms with Crippen LogP contribution < -0.4 is 11.2 Å². The smallest absolute Gasteiger partial charge is 0.206 e. The molecule has 4 fully saturated rings. The number of hydrogen-bond acceptors (Lipinski definition) is 4. The van der Waals surface area contributed by atoms with E-state index in [1.807, 2.05) is 6.08 Å². The Kier molecular flexibility index (Phi) is 5.31. The molecule has 29 heavy (non-hydrogen) atoms. The monoisotopic (exact) mass is 402 g/mol. The molecule has 4 aliphatic carbocycles. The van der Waals surface area contributed by atoms with Gasteiger partial charge in [0.2, 0.25) is 5.96 Å².